The van der Waals surface area contributed by atoms with E-state index in [1.54, 1.807) is 28.6 Å². The minimum absolute atomic E-state index is 0.195. The highest BCUT2D eigenvalue weighted by atomic mass is 35.5. The first-order valence-electron chi connectivity index (χ1n) is 6.62. The van der Waals surface area contributed by atoms with E-state index in [4.69, 9.17) is 11.6 Å². The molecule has 2 rings (SSSR count). The molecular formula is C14H20ClNO2S. The summed E-state index contributed by atoms with van der Waals surface area (Å²) in [5.41, 5.74) is 0.933. The zero-order valence-corrected chi connectivity index (χ0v) is 12.9. The van der Waals surface area contributed by atoms with Gasteiger partial charge in [0.2, 0.25) is 10.0 Å². The molecule has 1 aliphatic carbocycles. The number of benzene rings is 1. The monoisotopic (exact) mass is 301 g/mol. The lowest BCUT2D eigenvalue weighted by molar-refractivity contribution is 0.360. The molecule has 0 N–H and O–H groups in total. The summed E-state index contributed by atoms with van der Waals surface area (Å²) >= 11 is 5.73. The maximum Gasteiger partial charge on any atom is 0.243 e. The molecule has 5 heteroatoms. The second-order valence-corrected chi connectivity index (χ2v) is 7.64. The molecule has 1 saturated carbocycles. The van der Waals surface area contributed by atoms with Crippen molar-refractivity contribution in [3.63, 3.8) is 0 Å². The third-order valence-electron chi connectivity index (χ3n) is 3.18. The number of hydrogen-bond acceptors (Lipinski definition) is 2. The van der Waals surface area contributed by atoms with Gasteiger partial charge in [-0.1, -0.05) is 26.0 Å². The summed E-state index contributed by atoms with van der Waals surface area (Å²) in [6.45, 7) is 4.67. The predicted octanol–water partition coefficient (Wildman–Crippen LogP) is 3.23. The van der Waals surface area contributed by atoms with Crippen molar-refractivity contribution in [3.05, 3.63) is 29.8 Å². The normalized spacial score (nSPS) is 16.3. The standard InChI is InChI=1S/C14H20ClNO2S/c1-11(2)10-16(13-5-6-13)19(17,18)14-7-3-12(9-15)4-8-14/h3-4,7-8,11,13H,5-6,9-10H2,1-2H3. The van der Waals surface area contributed by atoms with Gasteiger partial charge in [-0.2, -0.15) is 4.31 Å². The van der Waals surface area contributed by atoms with Crippen molar-refractivity contribution < 1.29 is 8.42 Å². The lowest BCUT2D eigenvalue weighted by Gasteiger charge is -2.23. The van der Waals surface area contributed by atoms with E-state index in [-0.39, 0.29) is 6.04 Å². The summed E-state index contributed by atoms with van der Waals surface area (Å²) < 4.78 is 26.9. The van der Waals surface area contributed by atoms with Gasteiger partial charge in [0.15, 0.2) is 0 Å². The van der Waals surface area contributed by atoms with Gasteiger partial charge in [-0.3, -0.25) is 0 Å². The molecule has 0 unspecified atom stereocenters. The van der Waals surface area contributed by atoms with Crippen LogP contribution in [0.5, 0.6) is 0 Å². The topological polar surface area (TPSA) is 37.4 Å². The fraction of sp³-hybridized carbons (Fsp3) is 0.571. The highest BCUT2D eigenvalue weighted by molar-refractivity contribution is 7.89. The molecule has 1 fully saturated rings. The quantitative estimate of drug-likeness (QED) is 0.757. The van der Waals surface area contributed by atoms with Crippen LogP contribution < -0.4 is 0 Å². The van der Waals surface area contributed by atoms with Crippen LogP contribution in [0.15, 0.2) is 29.2 Å². The van der Waals surface area contributed by atoms with Crippen LogP contribution in [0.3, 0.4) is 0 Å². The maximum atomic E-state index is 12.6. The number of hydrogen-bond donors (Lipinski definition) is 0. The number of halogens is 1. The SMILES string of the molecule is CC(C)CN(C1CC1)S(=O)(=O)c1ccc(CCl)cc1. The average Bonchev–Trinajstić information content (AvgIpc) is 3.20. The van der Waals surface area contributed by atoms with Crippen LogP contribution >= 0.6 is 11.6 Å². The van der Waals surface area contributed by atoms with E-state index in [0.717, 1.165) is 18.4 Å². The lowest BCUT2D eigenvalue weighted by Crippen LogP contribution is -2.36. The second-order valence-electron chi connectivity index (χ2n) is 5.48. The molecule has 0 atom stereocenters. The first kappa shape index (κ1) is 14.8. The Bertz CT molecular complexity index is 521. The van der Waals surface area contributed by atoms with Crippen molar-refractivity contribution in [2.75, 3.05) is 6.54 Å². The Kier molecular flexibility index (Phi) is 4.54. The van der Waals surface area contributed by atoms with E-state index in [1.165, 1.54) is 0 Å². The van der Waals surface area contributed by atoms with Gasteiger partial charge in [-0.05, 0) is 36.5 Å². The Morgan fingerprint density at radius 3 is 2.26 bits per heavy atom. The zero-order chi connectivity index (χ0) is 14.0. The van der Waals surface area contributed by atoms with Crippen molar-refractivity contribution in [1.82, 2.24) is 4.31 Å². The summed E-state index contributed by atoms with van der Waals surface area (Å²) in [6, 6.07) is 7.06. The highest BCUT2D eigenvalue weighted by Gasteiger charge is 2.38. The second kappa shape index (κ2) is 5.81. The smallest absolute Gasteiger partial charge is 0.207 e. The first-order valence-corrected chi connectivity index (χ1v) is 8.59. The van der Waals surface area contributed by atoms with Gasteiger partial charge in [0.05, 0.1) is 4.90 Å². The van der Waals surface area contributed by atoms with Crippen molar-refractivity contribution in [3.8, 4) is 0 Å². The fourth-order valence-electron chi connectivity index (χ4n) is 2.05. The van der Waals surface area contributed by atoms with Gasteiger partial charge < -0.3 is 0 Å². The first-order chi connectivity index (χ1) is 8.95. The Labute approximate surface area is 120 Å². The van der Waals surface area contributed by atoms with Crippen LogP contribution in [-0.2, 0) is 15.9 Å². The van der Waals surface area contributed by atoms with Crippen molar-refractivity contribution in [2.45, 2.75) is 43.5 Å². The van der Waals surface area contributed by atoms with E-state index < -0.39 is 10.0 Å². The van der Waals surface area contributed by atoms with Gasteiger partial charge in [0.25, 0.3) is 0 Å². The molecule has 0 saturated heterocycles. The number of rotatable bonds is 6. The molecule has 0 radical (unpaired) electrons. The molecule has 19 heavy (non-hydrogen) atoms. The van der Waals surface area contributed by atoms with Gasteiger partial charge in [0.1, 0.15) is 0 Å². The lowest BCUT2D eigenvalue weighted by atomic mass is 10.2. The number of alkyl halides is 1. The Morgan fingerprint density at radius 2 is 1.84 bits per heavy atom. The molecule has 0 heterocycles. The summed E-state index contributed by atoms with van der Waals surface area (Å²) in [5, 5.41) is 0. The van der Waals surface area contributed by atoms with E-state index in [9.17, 15) is 8.42 Å². The third-order valence-corrected chi connectivity index (χ3v) is 5.42. The van der Waals surface area contributed by atoms with Gasteiger partial charge in [-0.15, -0.1) is 11.6 Å². The van der Waals surface area contributed by atoms with Crippen LogP contribution in [0.1, 0.15) is 32.3 Å². The van der Waals surface area contributed by atoms with E-state index in [0.29, 0.717) is 23.2 Å². The van der Waals surface area contributed by atoms with Gasteiger partial charge in [0, 0.05) is 18.5 Å². The van der Waals surface area contributed by atoms with Crippen molar-refractivity contribution >= 4 is 21.6 Å². The highest BCUT2D eigenvalue weighted by Crippen LogP contribution is 2.32. The third kappa shape index (κ3) is 3.50. The molecule has 0 bridgehead atoms. The summed E-state index contributed by atoms with van der Waals surface area (Å²) in [7, 11) is -3.37. The largest absolute Gasteiger partial charge is 0.243 e. The zero-order valence-electron chi connectivity index (χ0n) is 11.3. The molecule has 106 valence electrons. The minimum atomic E-state index is -3.37. The van der Waals surface area contributed by atoms with Gasteiger partial charge in [-0.25, -0.2) is 8.42 Å². The molecule has 0 aromatic heterocycles. The molecule has 1 aromatic rings. The minimum Gasteiger partial charge on any atom is -0.207 e. The molecule has 0 amide bonds. The summed E-state index contributed by atoms with van der Waals surface area (Å²) in [4.78, 5) is 0.369. The van der Waals surface area contributed by atoms with Crippen LogP contribution in [0.4, 0.5) is 0 Å². The van der Waals surface area contributed by atoms with Crippen LogP contribution in [0.2, 0.25) is 0 Å². The molecule has 1 aromatic carbocycles. The average molecular weight is 302 g/mol. The predicted molar refractivity (Wildman–Crippen MR) is 77.8 cm³/mol. The number of nitrogens with zero attached hydrogens (tertiary/aromatic N) is 1. The van der Waals surface area contributed by atoms with E-state index >= 15 is 0 Å². The Morgan fingerprint density at radius 1 is 1.26 bits per heavy atom. The Hall–Kier alpha value is -0.580. The molecule has 3 nitrogen and oxygen atoms in total. The maximum absolute atomic E-state index is 12.6. The fourth-order valence-corrected chi connectivity index (χ4v) is 4.08. The molecule has 1 aliphatic rings. The van der Waals surface area contributed by atoms with Gasteiger partial charge >= 0.3 is 0 Å². The van der Waals surface area contributed by atoms with Crippen LogP contribution in [0.25, 0.3) is 0 Å². The summed E-state index contributed by atoms with van der Waals surface area (Å²) in [6.07, 6.45) is 1.96. The van der Waals surface area contributed by atoms with Crippen molar-refractivity contribution in [2.24, 2.45) is 5.92 Å². The molecule has 0 spiro atoms. The number of sulfonamides is 1. The summed E-state index contributed by atoms with van der Waals surface area (Å²) in [5.74, 6) is 0.732. The van der Waals surface area contributed by atoms with E-state index in [1.807, 2.05) is 13.8 Å². The van der Waals surface area contributed by atoms with Crippen molar-refractivity contribution in [1.29, 1.82) is 0 Å². The van der Waals surface area contributed by atoms with Crippen LogP contribution in [0, 0.1) is 5.92 Å². The van der Waals surface area contributed by atoms with E-state index in [2.05, 4.69) is 0 Å². The van der Waals surface area contributed by atoms with Crippen LogP contribution in [-0.4, -0.2) is 25.3 Å². The Balaban J connectivity index is 2.27. The molecule has 0 aliphatic heterocycles. The molecular weight excluding hydrogens is 282 g/mol.